The van der Waals surface area contributed by atoms with Crippen molar-refractivity contribution in [1.82, 2.24) is 14.7 Å². The van der Waals surface area contributed by atoms with Crippen molar-refractivity contribution in [3.05, 3.63) is 23.8 Å². The molecule has 0 unspecified atom stereocenters. The minimum Gasteiger partial charge on any atom is -0.493 e. The zero-order chi connectivity index (χ0) is 20.3. The first-order chi connectivity index (χ1) is 13.4. The largest absolute Gasteiger partial charge is 0.493 e. The van der Waals surface area contributed by atoms with Crippen LogP contribution in [0.15, 0.2) is 18.2 Å². The number of likely N-dealkylation sites (tertiary alicyclic amines) is 1. The van der Waals surface area contributed by atoms with Crippen molar-refractivity contribution in [2.75, 3.05) is 46.9 Å². The standard InChI is InChI=1S/C21H31N3O4/c1-15-14-24(12-11-22(15)3)21(26)17-5-6-19(27-4)20(13-17)28-18-7-9-23(10-8-18)16(2)25/h5-6,13,15,18H,7-12,14H2,1-4H3/t15-/m0/s1. The minimum absolute atomic E-state index is 0.0125. The van der Waals surface area contributed by atoms with Gasteiger partial charge in [-0.1, -0.05) is 0 Å². The maximum atomic E-state index is 13.0. The molecule has 0 bridgehead atoms. The highest BCUT2D eigenvalue weighted by atomic mass is 16.5. The molecule has 1 atom stereocenters. The molecular weight excluding hydrogens is 358 g/mol. The Morgan fingerprint density at radius 1 is 1.04 bits per heavy atom. The Balaban J connectivity index is 1.70. The maximum Gasteiger partial charge on any atom is 0.254 e. The second kappa shape index (κ2) is 8.82. The van der Waals surface area contributed by atoms with Gasteiger partial charge in [0.25, 0.3) is 5.91 Å². The second-order valence-electron chi connectivity index (χ2n) is 7.77. The Morgan fingerprint density at radius 2 is 1.75 bits per heavy atom. The Morgan fingerprint density at radius 3 is 2.36 bits per heavy atom. The first kappa shape index (κ1) is 20.5. The van der Waals surface area contributed by atoms with E-state index in [2.05, 4.69) is 18.9 Å². The van der Waals surface area contributed by atoms with E-state index in [1.165, 1.54) is 0 Å². The predicted molar refractivity (Wildman–Crippen MR) is 107 cm³/mol. The maximum absolute atomic E-state index is 13.0. The number of nitrogens with zero attached hydrogens (tertiary/aromatic N) is 3. The van der Waals surface area contributed by atoms with Crippen LogP contribution >= 0.6 is 0 Å². The summed E-state index contributed by atoms with van der Waals surface area (Å²) in [5, 5.41) is 0. The summed E-state index contributed by atoms with van der Waals surface area (Å²) >= 11 is 0. The Labute approximate surface area is 167 Å². The molecule has 1 aromatic rings. The summed E-state index contributed by atoms with van der Waals surface area (Å²) in [6.07, 6.45) is 1.56. The number of piperidine rings is 1. The molecule has 2 heterocycles. The molecule has 1 aromatic carbocycles. The van der Waals surface area contributed by atoms with Crippen molar-refractivity contribution in [3.8, 4) is 11.5 Å². The van der Waals surface area contributed by atoms with Gasteiger partial charge >= 0.3 is 0 Å². The zero-order valence-corrected chi connectivity index (χ0v) is 17.3. The molecular formula is C21H31N3O4. The van der Waals surface area contributed by atoms with E-state index in [4.69, 9.17) is 9.47 Å². The summed E-state index contributed by atoms with van der Waals surface area (Å²) < 4.78 is 11.6. The molecule has 2 aliphatic heterocycles. The monoisotopic (exact) mass is 389 g/mol. The average Bonchev–Trinajstić information content (AvgIpc) is 2.70. The molecule has 0 saturated carbocycles. The lowest BCUT2D eigenvalue weighted by Crippen LogP contribution is -2.52. The molecule has 2 saturated heterocycles. The molecule has 0 spiro atoms. The van der Waals surface area contributed by atoms with Crippen LogP contribution in [0.4, 0.5) is 0 Å². The van der Waals surface area contributed by atoms with Crippen LogP contribution in [0.3, 0.4) is 0 Å². The Bertz CT molecular complexity index is 716. The van der Waals surface area contributed by atoms with Crippen LogP contribution in [0.5, 0.6) is 11.5 Å². The fourth-order valence-electron chi connectivity index (χ4n) is 3.79. The van der Waals surface area contributed by atoms with Gasteiger partial charge in [0.2, 0.25) is 5.91 Å². The predicted octanol–water partition coefficient (Wildman–Crippen LogP) is 1.86. The molecule has 28 heavy (non-hydrogen) atoms. The Kier molecular flexibility index (Phi) is 6.44. The third-order valence-electron chi connectivity index (χ3n) is 5.84. The first-order valence-corrected chi connectivity index (χ1v) is 9.98. The van der Waals surface area contributed by atoms with E-state index in [9.17, 15) is 9.59 Å². The Hall–Kier alpha value is -2.28. The molecule has 154 valence electrons. The topological polar surface area (TPSA) is 62.3 Å². The molecule has 2 amide bonds. The van der Waals surface area contributed by atoms with E-state index < -0.39 is 0 Å². The summed E-state index contributed by atoms with van der Waals surface area (Å²) in [7, 11) is 3.69. The van der Waals surface area contributed by atoms with Crippen LogP contribution < -0.4 is 9.47 Å². The van der Waals surface area contributed by atoms with Gasteiger partial charge in [0.1, 0.15) is 6.10 Å². The van der Waals surface area contributed by atoms with Crippen molar-refractivity contribution in [1.29, 1.82) is 0 Å². The summed E-state index contributed by atoms with van der Waals surface area (Å²) in [6.45, 7) is 7.45. The molecule has 3 rings (SSSR count). The molecule has 0 aliphatic carbocycles. The molecule has 2 fully saturated rings. The average molecular weight is 389 g/mol. The van der Waals surface area contributed by atoms with Gasteiger partial charge in [-0.2, -0.15) is 0 Å². The van der Waals surface area contributed by atoms with Crippen molar-refractivity contribution >= 4 is 11.8 Å². The highest BCUT2D eigenvalue weighted by Crippen LogP contribution is 2.31. The quantitative estimate of drug-likeness (QED) is 0.787. The number of methoxy groups -OCH3 is 1. The molecule has 0 N–H and O–H groups in total. The van der Waals surface area contributed by atoms with Crippen LogP contribution in [0.25, 0.3) is 0 Å². The van der Waals surface area contributed by atoms with Crippen LogP contribution in [0, 0.1) is 0 Å². The van der Waals surface area contributed by atoms with Crippen LogP contribution in [-0.2, 0) is 4.79 Å². The SMILES string of the molecule is COc1ccc(C(=O)N2CCN(C)[C@@H](C)C2)cc1OC1CCN(C(C)=O)CC1. The number of piperazine rings is 1. The van der Waals surface area contributed by atoms with Crippen LogP contribution in [0.2, 0.25) is 0 Å². The lowest BCUT2D eigenvalue weighted by molar-refractivity contribution is -0.130. The fraction of sp³-hybridized carbons (Fsp3) is 0.619. The van der Waals surface area contributed by atoms with E-state index in [0.717, 1.165) is 32.5 Å². The molecule has 7 nitrogen and oxygen atoms in total. The number of benzene rings is 1. The lowest BCUT2D eigenvalue weighted by Gasteiger charge is -2.37. The van der Waals surface area contributed by atoms with Crippen LogP contribution in [-0.4, -0.2) is 85.5 Å². The van der Waals surface area contributed by atoms with Crippen molar-refractivity contribution in [2.24, 2.45) is 0 Å². The number of amides is 2. The van der Waals surface area contributed by atoms with Gasteiger partial charge < -0.3 is 24.2 Å². The van der Waals surface area contributed by atoms with Gasteiger partial charge in [-0.25, -0.2) is 0 Å². The summed E-state index contributed by atoms with van der Waals surface area (Å²) in [4.78, 5) is 30.5. The number of likely N-dealkylation sites (N-methyl/N-ethyl adjacent to an activating group) is 1. The van der Waals surface area contributed by atoms with E-state index >= 15 is 0 Å². The van der Waals surface area contributed by atoms with Gasteiger partial charge in [0.15, 0.2) is 11.5 Å². The van der Waals surface area contributed by atoms with Crippen LogP contribution in [0.1, 0.15) is 37.0 Å². The van der Waals surface area contributed by atoms with Gasteiger partial charge in [0, 0.05) is 64.1 Å². The van der Waals surface area contributed by atoms with E-state index in [1.807, 2.05) is 9.80 Å². The third-order valence-corrected chi connectivity index (χ3v) is 5.84. The van der Waals surface area contributed by atoms with E-state index in [1.54, 1.807) is 32.2 Å². The lowest BCUT2D eigenvalue weighted by atomic mass is 10.1. The summed E-state index contributed by atoms with van der Waals surface area (Å²) in [5.74, 6) is 1.35. The number of hydrogen-bond acceptors (Lipinski definition) is 5. The highest BCUT2D eigenvalue weighted by Gasteiger charge is 2.27. The summed E-state index contributed by atoms with van der Waals surface area (Å²) in [5.41, 5.74) is 0.619. The van der Waals surface area contributed by atoms with Crippen molar-refractivity contribution in [3.63, 3.8) is 0 Å². The first-order valence-electron chi connectivity index (χ1n) is 9.98. The smallest absolute Gasteiger partial charge is 0.254 e. The number of carbonyl (C=O) groups excluding carboxylic acids is 2. The normalized spacial score (nSPS) is 21.5. The second-order valence-corrected chi connectivity index (χ2v) is 7.77. The number of carbonyl (C=O) groups is 2. The third kappa shape index (κ3) is 4.58. The minimum atomic E-state index is 0.0125. The van der Waals surface area contributed by atoms with Crippen molar-refractivity contribution in [2.45, 2.75) is 38.8 Å². The summed E-state index contributed by atoms with van der Waals surface area (Å²) in [6, 6.07) is 5.74. The van der Waals surface area contributed by atoms with E-state index in [-0.39, 0.29) is 17.9 Å². The van der Waals surface area contributed by atoms with Gasteiger partial charge in [-0.15, -0.1) is 0 Å². The number of ether oxygens (including phenoxy) is 2. The van der Waals surface area contributed by atoms with Gasteiger partial charge in [-0.3, -0.25) is 9.59 Å². The highest BCUT2D eigenvalue weighted by molar-refractivity contribution is 5.95. The van der Waals surface area contributed by atoms with Gasteiger partial charge in [0.05, 0.1) is 7.11 Å². The fourth-order valence-corrected chi connectivity index (χ4v) is 3.79. The zero-order valence-electron chi connectivity index (χ0n) is 17.3. The molecule has 0 radical (unpaired) electrons. The van der Waals surface area contributed by atoms with Gasteiger partial charge in [-0.05, 0) is 32.2 Å². The molecule has 2 aliphatic rings. The number of rotatable bonds is 4. The number of hydrogen-bond donors (Lipinski definition) is 0. The van der Waals surface area contributed by atoms with Crippen molar-refractivity contribution < 1.29 is 19.1 Å². The molecule has 0 aromatic heterocycles. The van der Waals surface area contributed by atoms with E-state index in [0.29, 0.717) is 36.2 Å². The molecule has 7 heteroatoms.